The fourth-order valence-corrected chi connectivity index (χ4v) is 5.65. The van der Waals surface area contributed by atoms with E-state index < -0.39 is 21.3 Å². The second-order valence-electron chi connectivity index (χ2n) is 9.51. The molecule has 1 heterocycles. The van der Waals surface area contributed by atoms with E-state index >= 15 is 0 Å². The van der Waals surface area contributed by atoms with E-state index in [9.17, 15) is 18.3 Å². The fraction of sp³-hybridized carbons (Fsp3) is 0.214. The highest BCUT2D eigenvalue weighted by molar-refractivity contribution is 7.91. The van der Waals surface area contributed by atoms with E-state index in [1.54, 1.807) is 86.0 Å². The molecule has 0 saturated heterocycles. The number of aliphatic hydroxyl groups excluding tert-OH is 1. The highest BCUT2D eigenvalue weighted by Gasteiger charge is 2.25. The maximum Gasteiger partial charge on any atom is 0.271 e. The van der Waals surface area contributed by atoms with Crippen molar-refractivity contribution in [1.29, 1.82) is 0 Å². The van der Waals surface area contributed by atoms with Crippen molar-refractivity contribution in [2.45, 2.75) is 31.2 Å². The zero-order valence-corrected chi connectivity index (χ0v) is 24.5. The molecule has 3 aromatic carbocycles. The quantitative estimate of drug-likeness (QED) is 0.240. The van der Waals surface area contributed by atoms with Crippen LogP contribution in [0.25, 0.3) is 28.2 Å². The summed E-state index contributed by atoms with van der Waals surface area (Å²) >= 11 is 19.8. The maximum absolute atomic E-state index is 13.0. The molecule has 0 aliphatic carbocycles. The van der Waals surface area contributed by atoms with Crippen LogP contribution in [0.2, 0.25) is 15.1 Å². The number of carbonyl (C=O) groups is 1. The van der Waals surface area contributed by atoms with Crippen molar-refractivity contribution < 1.29 is 18.3 Å². The maximum atomic E-state index is 13.0. The van der Waals surface area contributed by atoms with Gasteiger partial charge < -0.3 is 10.4 Å². The van der Waals surface area contributed by atoms with Gasteiger partial charge in [0.15, 0.2) is 9.84 Å². The molecule has 11 heteroatoms. The molecule has 0 aliphatic rings. The number of hydrogen-bond donors (Lipinski definition) is 2. The third-order valence-corrected chi connectivity index (χ3v) is 8.75. The van der Waals surface area contributed by atoms with E-state index in [1.807, 2.05) is 0 Å². The molecule has 39 heavy (non-hydrogen) atoms. The lowest BCUT2D eigenvalue weighted by molar-refractivity contribution is 0.0864. The van der Waals surface area contributed by atoms with Crippen molar-refractivity contribution in [1.82, 2.24) is 14.9 Å². The zero-order chi connectivity index (χ0) is 28.5. The summed E-state index contributed by atoms with van der Waals surface area (Å²) in [6.07, 6.45) is 1.52. The number of amides is 1. The van der Waals surface area contributed by atoms with Crippen LogP contribution in [0, 0.1) is 0 Å². The van der Waals surface area contributed by atoms with Gasteiger partial charge in [-0.2, -0.15) is 0 Å². The molecule has 0 bridgehead atoms. The van der Waals surface area contributed by atoms with Gasteiger partial charge >= 0.3 is 0 Å². The SMILES string of the molecule is CCS(=O)(=O)c1cccc(-c2ccc(-n3cc(C(=O)NC(C)(C)CO)nc3-c3c(Cl)cccc3Cl)c(Cl)c2)c1. The molecule has 7 nitrogen and oxygen atoms in total. The van der Waals surface area contributed by atoms with E-state index in [0.717, 1.165) is 0 Å². The largest absolute Gasteiger partial charge is 0.394 e. The number of nitrogens with zero attached hydrogens (tertiary/aromatic N) is 2. The first-order valence-electron chi connectivity index (χ1n) is 12.0. The Bertz CT molecular complexity index is 1650. The molecule has 0 aliphatic heterocycles. The van der Waals surface area contributed by atoms with Gasteiger partial charge in [0.2, 0.25) is 0 Å². The second-order valence-corrected chi connectivity index (χ2v) is 13.0. The van der Waals surface area contributed by atoms with Gasteiger partial charge in [-0.3, -0.25) is 9.36 Å². The fourth-order valence-electron chi connectivity index (χ4n) is 3.89. The third-order valence-electron chi connectivity index (χ3n) is 6.09. The van der Waals surface area contributed by atoms with E-state index in [2.05, 4.69) is 10.3 Å². The Morgan fingerprint density at radius 2 is 1.62 bits per heavy atom. The Balaban J connectivity index is 1.84. The first-order valence-corrected chi connectivity index (χ1v) is 14.8. The molecular formula is C28H26Cl3N3O4S. The average Bonchev–Trinajstić information content (AvgIpc) is 3.33. The summed E-state index contributed by atoms with van der Waals surface area (Å²) in [4.78, 5) is 17.8. The summed E-state index contributed by atoms with van der Waals surface area (Å²) in [7, 11) is -3.38. The molecule has 4 aromatic rings. The monoisotopic (exact) mass is 605 g/mol. The predicted molar refractivity (Wildman–Crippen MR) is 156 cm³/mol. The number of rotatable bonds is 8. The van der Waals surface area contributed by atoms with Gasteiger partial charge in [0, 0.05) is 6.20 Å². The highest BCUT2D eigenvalue weighted by atomic mass is 35.5. The molecule has 0 atom stereocenters. The number of nitrogens with one attached hydrogen (secondary N) is 1. The van der Waals surface area contributed by atoms with Crippen LogP contribution in [0.1, 0.15) is 31.3 Å². The number of sulfone groups is 1. The van der Waals surface area contributed by atoms with Gasteiger partial charge in [-0.15, -0.1) is 0 Å². The molecule has 0 saturated carbocycles. The summed E-state index contributed by atoms with van der Waals surface area (Å²) in [5, 5.41) is 13.3. The number of halogens is 3. The molecular weight excluding hydrogens is 581 g/mol. The van der Waals surface area contributed by atoms with Crippen LogP contribution >= 0.6 is 34.8 Å². The van der Waals surface area contributed by atoms with Crippen LogP contribution in [0.15, 0.2) is 71.8 Å². The molecule has 4 rings (SSSR count). The third kappa shape index (κ3) is 6.15. The van der Waals surface area contributed by atoms with Crippen molar-refractivity contribution in [2.24, 2.45) is 0 Å². The lowest BCUT2D eigenvalue weighted by Crippen LogP contribution is -2.46. The molecule has 0 radical (unpaired) electrons. The topological polar surface area (TPSA) is 101 Å². The number of hydrogen-bond acceptors (Lipinski definition) is 5. The van der Waals surface area contributed by atoms with Crippen LogP contribution in [0.5, 0.6) is 0 Å². The van der Waals surface area contributed by atoms with Gasteiger partial charge in [-0.1, -0.05) is 66.0 Å². The first kappa shape index (κ1) is 29.1. The molecule has 1 amide bonds. The van der Waals surface area contributed by atoms with E-state index in [0.29, 0.717) is 43.3 Å². The van der Waals surface area contributed by atoms with Crippen molar-refractivity contribution >= 4 is 50.5 Å². The first-order chi connectivity index (χ1) is 18.4. The van der Waals surface area contributed by atoms with Gasteiger partial charge in [0.1, 0.15) is 11.5 Å². The standard InChI is InChI=1S/C28H26Cl3N3O4S/c1-4-39(37,38)19-8-5-7-17(13-19)18-11-12-24(22(31)14-18)34-15-23(27(36)33-28(2,3)16-35)32-26(34)25-20(29)9-6-10-21(25)30/h5-15,35H,4,16H2,1-3H3,(H,33,36). The molecule has 204 valence electrons. The molecule has 0 spiro atoms. The van der Waals surface area contributed by atoms with Crippen LogP contribution in [-0.4, -0.2) is 46.9 Å². The number of aromatic nitrogens is 2. The summed E-state index contributed by atoms with van der Waals surface area (Å²) in [6, 6.07) is 16.9. The van der Waals surface area contributed by atoms with Crippen molar-refractivity contribution in [2.75, 3.05) is 12.4 Å². The van der Waals surface area contributed by atoms with Gasteiger partial charge in [-0.25, -0.2) is 13.4 Å². The second kappa shape index (κ2) is 11.3. The smallest absolute Gasteiger partial charge is 0.271 e. The van der Waals surface area contributed by atoms with Crippen LogP contribution in [0.4, 0.5) is 0 Å². The zero-order valence-electron chi connectivity index (χ0n) is 21.4. The summed E-state index contributed by atoms with van der Waals surface area (Å²) < 4.78 is 26.4. The van der Waals surface area contributed by atoms with Gasteiger partial charge in [-0.05, 0) is 61.4 Å². The summed E-state index contributed by atoms with van der Waals surface area (Å²) in [5.74, 6) is -0.211. The normalized spacial score (nSPS) is 12.0. The van der Waals surface area contributed by atoms with E-state index in [-0.39, 0.29) is 22.9 Å². The molecule has 0 fully saturated rings. The van der Waals surface area contributed by atoms with E-state index in [4.69, 9.17) is 34.8 Å². The Labute approximate surface area is 242 Å². The lowest BCUT2D eigenvalue weighted by Gasteiger charge is -2.22. The van der Waals surface area contributed by atoms with Crippen LogP contribution < -0.4 is 5.32 Å². The summed E-state index contributed by atoms with van der Waals surface area (Å²) in [5.41, 5.74) is 1.50. The Morgan fingerprint density at radius 1 is 0.974 bits per heavy atom. The lowest BCUT2D eigenvalue weighted by atomic mass is 10.1. The van der Waals surface area contributed by atoms with Crippen molar-refractivity contribution in [3.63, 3.8) is 0 Å². The predicted octanol–water partition coefficient (Wildman–Crippen LogP) is 6.46. The van der Waals surface area contributed by atoms with Crippen LogP contribution in [-0.2, 0) is 9.84 Å². The number of aliphatic hydroxyl groups is 1. The van der Waals surface area contributed by atoms with Gasteiger partial charge in [0.25, 0.3) is 5.91 Å². The Hall–Kier alpha value is -2.88. The highest BCUT2D eigenvalue weighted by Crippen LogP contribution is 2.37. The van der Waals surface area contributed by atoms with Crippen LogP contribution in [0.3, 0.4) is 0 Å². The van der Waals surface area contributed by atoms with Gasteiger partial charge in [0.05, 0.1) is 49.1 Å². The number of carbonyl (C=O) groups excluding carboxylic acids is 1. The average molecular weight is 607 g/mol. The number of imidazole rings is 1. The Morgan fingerprint density at radius 3 is 2.23 bits per heavy atom. The minimum Gasteiger partial charge on any atom is -0.394 e. The molecule has 2 N–H and O–H groups in total. The van der Waals surface area contributed by atoms with E-state index in [1.165, 1.54) is 6.20 Å². The molecule has 1 aromatic heterocycles. The van der Waals surface area contributed by atoms with Crippen molar-refractivity contribution in [3.8, 4) is 28.2 Å². The Kier molecular flexibility index (Phi) is 8.44. The number of benzene rings is 3. The van der Waals surface area contributed by atoms with Crippen molar-refractivity contribution in [3.05, 3.63) is 87.6 Å². The minimum atomic E-state index is -3.38. The minimum absolute atomic E-state index is 0.00441. The summed E-state index contributed by atoms with van der Waals surface area (Å²) in [6.45, 7) is 4.70. The molecule has 0 unspecified atom stereocenters.